The molecule has 1 rings (SSSR count). The number of unbranched alkanes of at least 4 members (excludes halogenated alkanes) is 12. The van der Waals surface area contributed by atoms with Crippen molar-refractivity contribution in [3.8, 4) is 0 Å². The monoisotopic (exact) mass is 533 g/mol. The van der Waals surface area contributed by atoms with Gasteiger partial charge in [-0.3, -0.25) is 9.36 Å². The minimum Gasteiger partial charge on any atom is -0.457 e. The number of carbonyl (C=O) groups is 1. The molecule has 2 unspecified atom stereocenters. The third-order valence-electron chi connectivity index (χ3n) is 6.81. The van der Waals surface area contributed by atoms with Crippen molar-refractivity contribution >= 4 is 13.6 Å². The summed E-state index contributed by atoms with van der Waals surface area (Å²) in [6.45, 7) is 7.38. The molecule has 0 spiro atoms. The molecular formula is C28H56NO6P. The van der Waals surface area contributed by atoms with Crippen molar-refractivity contribution in [1.29, 1.82) is 0 Å². The standard InChI is InChI=1S/C28H56NO6P/c1-3-5-6-7-8-9-10-11-12-13-14-15-18-23-33-25-27(35-28(30)19-4-2)26-34-36(31,32)24-22-29-20-16-17-21-29/h27H,3-26H2,1-2H3,(H,31,32). The fourth-order valence-electron chi connectivity index (χ4n) is 4.54. The third-order valence-corrected chi connectivity index (χ3v) is 8.13. The van der Waals surface area contributed by atoms with E-state index in [0.29, 0.717) is 26.0 Å². The number of nitrogens with zero attached hydrogens (tertiary/aromatic N) is 1. The molecule has 214 valence electrons. The van der Waals surface area contributed by atoms with Gasteiger partial charge >= 0.3 is 13.6 Å². The van der Waals surface area contributed by atoms with E-state index >= 15 is 0 Å². The molecule has 1 heterocycles. The van der Waals surface area contributed by atoms with E-state index in [1.165, 1.54) is 70.6 Å². The van der Waals surface area contributed by atoms with Gasteiger partial charge in [0.15, 0.2) is 0 Å². The molecular weight excluding hydrogens is 477 g/mol. The van der Waals surface area contributed by atoms with E-state index in [2.05, 4.69) is 11.8 Å². The van der Waals surface area contributed by atoms with Crippen LogP contribution in [0.15, 0.2) is 0 Å². The van der Waals surface area contributed by atoms with Crippen LogP contribution in [0.3, 0.4) is 0 Å². The first-order valence-electron chi connectivity index (χ1n) is 14.9. The van der Waals surface area contributed by atoms with Crippen molar-refractivity contribution in [2.75, 3.05) is 45.6 Å². The molecule has 0 radical (unpaired) electrons. The van der Waals surface area contributed by atoms with Gasteiger partial charge in [-0.15, -0.1) is 0 Å². The van der Waals surface area contributed by atoms with E-state index in [1.807, 2.05) is 6.92 Å². The number of ether oxygens (including phenoxy) is 2. The minimum absolute atomic E-state index is 0.0996. The molecule has 8 heteroatoms. The Morgan fingerprint density at radius 2 is 1.39 bits per heavy atom. The summed E-state index contributed by atoms with van der Waals surface area (Å²) in [4.78, 5) is 24.3. The largest absolute Gasteiger partial charge is 0.457 e. The molecule has 1 aliphatic rings. The molecule has 1 aliphatic heterocycles. The lowest BCUT2D eigenvalue weighted by molar-refractivity contribution is -0.154. The molecule has 2 atom stereocenters. The van der Waals surface area contributed by atoms with Crippen LogP contribution in [0.25, 0.3) is 0 Å². The smallest absolute Gasteiger partial charge is 0.329 e. The van der Waals surface area contributed by atoms with E-state index in [1.54, 1.807) is 0 Å². The summed E-state index contributed by atoms with van der Waals surface area (Å²) in [5.41, 5.74) is 0. The van der Waals surface area contributed by atoms with Gasteiger partial charge in [0, 0.05) is 19.6 Å². The van der Waals surface area contributed by atoms with Crippen molar-refractivity contribution in [2.24, 2.45) is 0 Å². The highest BCUT2D eigenvalue weighted by molar-refractivity contribution is 7.52. The van der Waals surface area contributed by atoms with Crippen LogP contribution < -0.4 is 0 Å². The molecule has 0 aromatic heterocycles. The second-order valence-electron chi connectivity index (χ2n) is 10.4. The summed E-state index contributed by atoms with van der Waals surface area (Å²) >= 11 is 0. The van der Waals surface area contributed by atoms with Gasteiger partial charge in [0.1, 0.15) is 6.10 Å². The van der Waals surface area contributed by atoms with Crippen molar-refractivity contribution < 1.29 is 28.3 Å². The van der Waals surface area contributed by atoms with Crippen LogP contribution >= 0.6 is 7.60 Å². The highest BCUT2D eigenvalue weighted by Crippen LogP contribution is 2.42. The molecule has 0 saturated carbocycles. The summed E-state index contributed by atoms with van der Waals surface area (Å²) < 4.78 is 29.0. The van der Waals surface area contributed by atoms with E-state index in [4.69, 9.17) is 14.0 Å². The van der Waals surface area contributed by atoms with Crippen molar-refractivity contribution in [3.05, 3.63) is 0 Å². The van der Waals surface area contributed by atoms with Crippen LogP contribution in [0.2, 0.25) is 0 Å². The zero-order chi connectivity index (χ0) is 26.3. The number of likely N-dealkylation sites (tertiary alicyclic amines) is 1. The Hall–Kier alpha value is -0.460. The second kappa shape index (κ2) is 22.5. The molecule has 0 aromatic carbocycles. The second-order valence-corrected chi connectivity index (χ2v) is 12.4. The quantitative estimate of drug-likeness (QED) is 0.0761. The summed E-state index contributed by atoms with van der Waals surface area (Å²) in [6, 6.07) is 0. The first-order chi connectivity index (χ1) is 17.5. The van der Waals surface area contributed by atoms with Crippen molar-refractivity contribution in [1.82, 2.24) is 4.90 Å². The predicted octanol–water partition coefficient (Wildman–Crippen LogP) is 7.10. The maximum Gasteiger partial charge on any atom is 0.329 e. The molecule has 36 heavy (non-hydrogen) atoms. The summed E-state index contributed by atoms with van der Waals surface area (Å²) in [5.74, 6) is -0.319. The van der Waals surface area contributed by atoms with E-state index in [0.717, 1.165) is 38.8 Å². The van der Waals surface area contributed by atoms with Crippen LogP contribution in [0.1, 0.15) is 123 Å². The Balaban J connectivity index is 2.11. The Morgan fingerprint density at radius 3 is 1.94 bits per heavy atom. The number of esters is 1. The van der Waals surface area contributed by atoms with Gasteiger partial charge in [0.25, 0.3) is 0 Å². The Labute approximate surface area is 221 Å². The lowest BCUT2D eigenvalue weighted by atomic mass is 10.0. The fraction of sp³-hybridized carbons (Fsp3) is 0.964. The zero-order valence-corrected chi connectivity index (χ0v) is 24.3. The van der Waals surface area contributed by atoms with Crippen molar-refractivity contribution in [2.45, 2.75) is 129 Å². The summed E-state index contributed by atoms with van der Waals surface area (Å²) in [5, 5.41) is 0. The van der Waals surface area contributed by atoms with Gasteiger partial charge in [-0.2, -0.15) is 0 Å². The number of carbonyl (C=O) groups excluding carboxylic acids is 1. The topological polar surface area (TPSA) is 85.3 Å². The number of hydrogen-bond donors (Lipinski definition) is 1. The SMILES string of the molecule is CCCCCCCCCCCCCCCOCC(COP(=O)(O)CCN1CCCC1)OC(=O)CCC. The fourth-order valence-corrected chi connectivity index (χ4v) is 5.60. The molecule has 1 fully saturated rings. The van der Waals surface area contributed by atoms with Crippen LogP contribution in [-0.4, -0.2) is 67.5 Å². The van der Waals surface area contributed by atoms with Gasteiger partial charge in [-0.05, 0) is 38.8 Å². The Morgan fingerprint density at radius 1 is 0.833 bits per heavy atom. The summed E-state index contributed by atoms with van der Waals surface area (Å²) in [7, 11) is -3.72. The molecule has 0 amide bonds. The molecule has 1 N–H and O–H groups in total. The Bertz CT molecular complexity index is 570. The summed E-state index contributed by atoms with van der Waals surface area (Å²) in [6.07, 6.45) is 19.7. The molecule has 1 saturated heterocycles. The highest BCUT2D eigenvalue weighted by Gasteiger charge is 2.25. The Kier molecular flexibility index (Phi) is 21.0. The highest BCUT2D eigenvalue weighted by atomic mass is 31.2. The number of hydrogen-bond acceptors (Lipinski definition) is 6. The van der Waals surface area contributed by atoms with E-state index in [9.17, 15) is 14.3 Å². The zero-order valence-electron chi connectivity index (χ0n) is 23.4. The molecule has 0 bridgehead atoms. The van der Waals surface area contributed by atoms with E-state index < -0.39 is 13.7 Å². The van der Waals surface area contributed by atoms with Crippen LogP contribution in [0.4, 0.5) is 0 Å². The normalized spacial score (nSPS) is 16.8. The van der Waals surface area contributed by atoms with Crippen LogP contribution in [0, 0.1) is 0 Å². The predicted molar refractivity (Wildman–Crippen MR) is 148 cm³/mol. The lowest BCUT2D eigenvalue weighted by Gasteiger charge is -2.21. The third kappa shape index (κ3) is 19.6. The maximum atomic E-state index is 12.4. The maximum absolute atomic E-state index is 12.4. The van der Waals surface area contributed by atoms with Crippen LogP contribution in [-0.2, 0) is 23.4 Å². The average molecular weight is 534 g/mol. The molecule has 7 nitrogen and oxygen atoms in total. The van der Waals surface area contributed by atoms with Crippen LogP contribution in [0.5, 0.6) is 0 Å². The van der Waals surface area contributed by atoms with E-state index in [-0.39, 0.29) is 25.3 Å². The lowest BCUT2D eigenvalue weighted by Crippen LogP contribution is -2.29. The van der Waals surface area contributed by atoms with Gasteiger partial charge < -0.3 is 23.8 Å². The van der Waals surface area contributed by atoms with Gasteiger partial charge in [-0.1, -0.05) is 90.9 Å². The van der Waals surface area contributed by atoms with Gasteiger partial charge in [0.05, 0.1) is 19.4 Å². The molecule has 0 aliphatic carbocycles. The first-order valence-corrected chi connectivity index (χ1v) is 16.7. The van der Waals surface area contributed by atoms with Gasteiger partial charge in [0.2, 0.25) is 0 Å². The van der Waals surface area contributed by atoms with Gasteiger partial charge in [-0.25, -0.2) is 0 Å². The first kappa shape index (κ1) is 33.6. The van der Waals surface area contributed by atoms with Crippen molar-refractivity contribution in [3.63, 3.8) is 0 Å². The molecule has 0 aromatic rings. The number of rotatable bonds is 25. The minimum atomic E-state index is -3.72. The average Bonchev–Trinajstić information content (AvgIpc) is 3.38.